The minimum atomic E-state index is 0.259. The minimum absolute atomic E-state index is 0.259. The van der Waals surface area contributed by atoms with Crippen molar-refractivity contribution in [3.05, 3.63) is 30.3 Å². The summed E-state index contributed by atoms with van der Waals surface area (Å²) in [6, 6.07) is 10.4. The standard InChI is InChI=1S/C17H25NO2S/c1-18(17(19)13-15-7-5-11-20-14-15)10-6-12-21-16-8-3-2-4-9-16/h2-4,8-9,15H,5-7,10-14H2,1H3/t15-/m1/s1. The minimum Gasteiger partial charge on any atom is -0.381 e. The lowest BCUT2D eigenvalue weighted by Gasteiger charge is -2.24. The van der Waals surface area contributed by atoms with Crippen molar-refractivity contribution in [2.45, 2.75) is 30.6 Å². The Morgan fingerprint density at radius 3 is 2.90 bits per heavy atom. The van der Waals surface area contributed by atoms with E-state index in [1.54, 1.807) is 0 Å². The van der Waals surface area contributed by atoms with Crippen LogP contribution in [0.3, 0.4) is 0 Å². The maximum Gasteiger partial charge on any atom is 0.222 e. The van der Waals surface area contributed by atoms with Crippen molar-refractivity contribution in [2.75, 3.05) is 32.6 Å². The number of nitrogens with zero attached hydrogens (tertiary/aromatic N) is 1. The van der Waals surface area contributed by atoms with Crippen LogP contribution in [-0.4, -0.2) is 43.4 Å². The molecule has 4 heteroatoms. The van der Waals surface area contributed by atoms with Gasteiger partial charge in [0.2, 0.25) is 5.91 Å². The molecule has 1 atom stereocenters. The fraction of sp³-hybridized carbons (Fsp3) is 0.588. The quantitative estimate of drug-likeness (QED) is 0.571. The van der Waals surface area contributed by atoms with Gasteiger partial charge < -0.3 is 9.64 Å². The topological polar surface area (TPSA) is 29.5 Å². The number of thioether (sulfide) groups is 1. The molecule has 0 bridgehead atoms. The van der Waals surface area contributed by atoms with E-state index in [-0.39, 0.29) is 5.91 Å². The van der Waals surface area contributed by atoms with Gasteiger partial charge in [-0.15, -0.1) is 11.8 Å². The smallest absolute Gasteiger partial charge is 0.222 e. The number of hydrogen-bond donors (Lipinski definition) is 0. The molecule has 2 rings (SSSR count). The van der Waals surface area contributed by atoms with E-state index in [2.05, 4.69) is 24.3 Å². The summed E-state index contributed by atoms with van der Waals surface area (Å²) in [6.45, 7) is 2.45. The Balaban J connectivity index is 1.60. The van der Waals surface area contributed by atoms with Crippen LogP contribution in [0.15, 0.2) is 35.2 Å². The van der Waals surface area contributed by atoms with Crippen LogP contribution in [0.1, 0.15) is 25.7 Å². The predicted octanol–water partition coefficient (Wildman–Crippen LogP) is 3.44. The van der Waals surface area contributed by atoms with Gasteiger partial charge in [0.25, 0.3) is 0 Å². The molecule has 0 saturated carbocycles. The van der Waals surface area contributed by atoms with E-state index in [0.29, 0.717) is 12.3 Å². The van der Waals surface area contributed by atoms with E-state index in [9.17, 15) is 4.79 Å². The molecule has 116 valence electrons. The Kier molecular flexibility index (Phi) is 7.10. The first-order valence-corrected chi connectivity index (χ1v) is 8.74. The maximum atomic E-state index is 12.1. The number of ether oxygens (including phenoxy) is 1. The molecule has 1 aromatic rings. The number of rotatable bonds is 7. The van der Waals surface area contributed by atoms with Crippen LogP contribution < -0.4 is 0 Å². The average Bonchev–Trinajstić information content (AvgIpc) is 2.53. The highest BCUT2D eigenvalue weighted by molar-refractivity contribution is 7.99. The number of amides is 1. The predicted molar refractivity (Wildman–Crippen MR) is 87.6 cm³/mol. The molecule has 1 amide bonds. The summed E-state index contributed by atoms with van der Waals surface area (Å²) in [5.41, 5.74) is 0. The third-order valence-electron chi connectivity index (χ3n) is 3.79. The van der Waals surface area contributed by atoms with Gasteiger partial charge >= 0.3 is 0 Å². The van der Waals surface area contributed by atoms with Crippen molar-refractivity contribution in [1.29, 1.82) is 0 Å². The first kappa shape index (κ1) is 16.4. The van der Waals surface area contributed by atoms with E-state index in [1.165, 1.54) is 4.90 Å². The zero-order chi connectivity index (χ0) is 14.9. The van der Waals surface area contributed by atoms with Gasteiger partial charge in [0.1, 0.15) is 0 Å². The van der Waals surface area contributed by atoms with Crippen molar-refractivity contribution in [3.8, 4) is 0 Å². The average molecular weight is 307 g/mol. The van der Waals surface area contributed by atoms with Gasteiger partial charge in [-0.05, 0) is 43.1 Å². The number of carbonyl (C=O) groups is 1. The highest BCUT2D eigenvalue weighted by atomic mass is 32.2. The summed E-state index contributed by atoms with van der Waals surface area (Å²) in [6.07, 6.45) is 3.89. The summed E-state index contributed by atoms with van der Waals surface area (Å²) in [7, 11) is 1.92. The molecule has 1 saturated heterocycles. The van der Waals surface area contributed by atoms with Crippen LogP contribution in [0.25, 0.3) is 0 Å². The molecule has 0 spiro atoms. The van der Waals surface area contributed by atoms with Gasteiger partial charge in [-0.25, -0.2) is 0 Å². The Morgan fingerprint density at radius 2 is 2.19 bits per heavy atom. The lowest BCUT2D eigenvalue weighted by Crippen LogP contribution is -2.31. The lowest BCUT2D eigenvalue weighted by atomic mass is 9.98. The lowest BCUT2D eigenvalue weighted by molar-refractivity contribution is -0.132. The zero-order valence-corrected chi connectivity index (χ0v) is 13.6. The Labute approximate surface area is 132 Å². The van der Waals surface area contributed by atoms with Crippen LogP contribution in [0, 0.1) is 5.92 Å². The molecule has 0 N–H and O–H groups in total. The first-order chi connectivity index (χ1) is 10.3. The highest BCUT2D eigenvalue weighted by Crippen LogP contribution is 2.19. The molecule has 0 aromatic heterocycles. The molecule has 1 heterocycles. The van der Waals surface area contributed by atoms with E-state index in [4.69, 9.17) is 4.74 Å². The second-order valence-electron chi connectivity index (χ2n) is 5.62. The monoisotopic (exact) mass is 307 g/mol. The van der Waals surface area contributed by atoms with Gasteiger partial charge in [0.15, 0.2) is 0 Å². The van der Waals surface area contributed by atoms with Crippen molar-refractivity contribution in [1.82, 2.24) is 4.90 Å². The second-order valence-corrected chi connectivity index (χ2v) is 6.79. The van der Waals surface area contributed by atoms with Gasteiger partial charge in [-0.3, -0.25) is 4.79 Å². The van der Waals surface area contributed by atoms with Crippen molar-refractivity contribution in [2.24, 2.45) is 5.92 Å². The molecular formula is C17H25NO2S. The normalized spacial score (nSPS) is 18.4. The van der Waals surface area contributed by atoms with Gasteiger partial charge in [-0.2, -0.15) is 0 Å². The van der Waals surface area contributed by atoms with E-state index in [0.717, 1.165) is 44.8 Å². The Bertz CT molecular complexity index is 418. The Hall–Kier alpha value is -1.00. The molecule has 1 aliphatic heterocycles. The van der Waals surface area contributed by atoms with Crippen molar-refractivity contribution in [3.63, 3.8) is 0 Å². The maximum absolute atomic E-state index is 12.1. The molecule has 1 aliphatic rings. The van der Waals surface area contributed by atoms with Crippen molar-refractivity contribution < 1.29 is 9.53 Å². The molecule has 1 aromatic carbocycles. The van der Waals surface area contributed by atoms with E-state index < -0.39 is 0 Å². The molecular weight excluding hydrogens is 282 g/mol. The zero-order valence-electron chi connectivity index (χ0n) is 12.8. The second kappa shape index (κ2) is 9.11. The van der Waals surface area contributed by atoms with Gasteiger partial charge in [-0.1, -0.05) is 18.2 Å². The van der Waals surface area contributed by atoms with E-state index >= 15 is 0 Å². The summed E-state index contributed by atoms with van der Waals surface area (Å²) in [4.78, 5) is 15.3. The van der Waals surface area contributed by atoms with Crippen LogP contribution in [0.5, 0.6) is 0 Å². The third-order valence-corrected chi connectivity index (χ3v) is 4.89. The molecule has 0 aliphatic carbocycles. The highest BCUT2D eigenvalue weighted by Gasteiger charge is 2.19. The summed E-state index contributed by atoms with van der Waals surface area (Å²) in [5.74, 6) is 1.73. The molecule has 0 unspecified atom stereocenters. The number of carbonyl (C=O) groups excluding carboxylic acids is 1. The summed E-state index contributed by atoms with van der Waals surface area (Å²) < 4.78 is 5.44. The SMILES string of the molecule is CN(CCCSc1ccccc1)C(=O)C[C@H]1CCCOC1. The fourth-order valence-corrected chi connectivity index (χ4v) is 3.36. The third kappa shape index (κ3) is 6.10. The fourth-order valence-electron chi connectivity index (χ4n) is 2.50. The first-order valence-electron chi connectivity index (χ1n) is 7.75. The number of benzene rings is 1. The van der Waals surface area contributed by atoms with Gasteiger partial charge in [0, 0.05) is 38.1 Å². The van der Waals surface area contributed by atoms with E-state index in [1.807, 2.05) is 29.8 Å². The molecule has 21 heavy (non-hydrogen) atoms. The summed E-state index contributed by atoms with van der Waals surface area (Å²) in [5, 5.41) is 0. The molecule has 1 fully saturated rings. The summed E-state index contributed by atoms with van der Waals surface area (Å²) >= 11 is 1.85. The molecule has 0 radical (unpaired) electrons. The largest absolute Gasteiger partial charge is 0.381 e. The Morgan fingerprint density at radius 1 is 1.38 bits per heavy atom. The van der Waals surface area contributed by atoms with Gasteiger partial charge in [0.05, 0.1) is 0 Å². The van der Waals surface area contributed by atoms with Crippen LogP contribution >= 0.6 is 11.8 Å². The van der Waals surface area contributed by atoms with Crippen LogP contribution in [0.4, 0.5) is 0 Å². The van der Waals surface area contributed by atoms with Crippen LogP contribution in [-0.2, 0) is 9.53 Å². The van der Waals surface area contributed by atoms with Crippen LogP contribution in [0.2, 0.25) is 0 Å². The van der Waals surface area contributed by atoms with Crippen molar-refractivity contribution >= 4 is 17.7 Å². The molecule has 3 nitrogen and oxygen atoms in total. The number of hydrogen-bond acceptors (Lipinski definition) is 3.